The molecule has 0 amide bonds. The molecule has 0 fully saturated rings. The van der Waals surface area contributed by atoms with Gasteiger partial charge in [0.05, 0.1) is 15.0 Å². The van der Waals surface area contributed by atoms with E-state index < -0.39 is 21.0 Å². The molecule has 148 valence electrons. The SMILES string of the molecule is O=C(Oc1ccccc1Br)c1ccc(OS(=O)(=O)c2cccc([N+](=O)[O-])c2)cc1. The van der Waals surface area contributed by atoms with Crippen LogP contribution >= 0.6 is 15.9 Å². The number of hydrogen-bond acceptors (Lipinski definition) is 7. The Kier molecular flexibility index (Phi) is 5.95. The van der Waals surface area contributed by atoms with E-state index in [1.807, 2.05) is 0 Å². The molecule has 0 radical (unpaired) electrons. The molecule has 0 saturated carbocycles. The highest BCUT2D eigenvalue weighted by atomic mass is 79.9. The van der Waals surface area contributed by atoms with Crippen LogP contribution in [0.1, 0.15) is 10.4 Å². The molecule has 0 atom stereocenters. The lowest BCUT2D eigenvalue weighted by Crippen LogP contribution is -2.11. The van der Waals surface area contributed by atoms with Crippen molar-refractivity contribution in [1.29, 1.82) is 0 Å². The molecule has 10 heteroatoms. The molecule has 0 spiro atoms. The fraction of sp³-hybridized carbons (Fsp3) is 0. The van der Waals surface area contributed by atoms with Gasteiger partial charge in [0.2, 0.25) is 0 Å². The average molecular weight is 478 g/mol. The van der Waals surface area contributed by atoms with Crippen molar-refractivity contribution in [2.24, 2.45) is 0 Å². The van der Waals surface area contributed by atoms with E-state index in [1.165, 1.54) is 42.5 Å². The van der Waals surface area contributed by atoms with Gasteiger partial charge in [-0.15, -0.1) is 0 Å². The number of nitro benzene ring substituents is 1. The highest BCUT2D eigenvalue weighted by Gasteiger charge is 2.20. The van der Waals surface area contributed by atoms with E-state index in [1.54, 1.807) is 24.3 Å². The number of hydrogen-bond donors (Lipinski definition) is 0. The number of para-hydroxylation sites is 1. The van der Waals surface area contributed by atoms with E-state index in [0.717, 1.165) is 6.07 Å². The van der Waals surface area contributed by atoms with Crippen molar-refractivity contribution in [3.63, 3.8) is 0 Å². The minimum atomic E-state index is -4.28. The maximum atomic E-state index is 12.3. The number of halogens is 1. The molecule has 0 bridgehead atoms. The van der Waals surface area contributed by atoms with Crippen molar-refractivity contribution in [1.82, 2.24) is 0 Å². The van der Waals surface area contributed by atoms with Gasteiger partial charge >= 0.3 is 16.1 Å². The Morgan fingerprint density at radius 3 is 2.31 bits per heavy atom. The average Bonchev–Trinajstić information content (AvgIpc) is 2.70. The number of carbonyl (C=O) groups is 1. The summed E-state index contributed by atoms with van der Waals surface area (Å²) >= 11 is 3.27. The normalized spacial score (nSPS) is 10.9. The van der Waals surface area contributed by atoms with E-state index in [2.05, 4.69) is 15.9 Å². The standard InChI is InChI=1S/C19H12BrNO7S/c20-17-6-1-2-7-18(17)27-19(22)13-8-10-15(11-9-13)28-29(25,26)16-5-3-4-14(12-16)21(23)24/h1-12H. The molecule has 0 aliphatic carbocycles. The van der Waals surface area contributed by atoms with Gasteiger partial charge in [-0.2, -0.15) is 8.42 Å². The van der Waals surface area contributed by atoms with Gasteiger partial charge in [-0.3, -0.25) is 10.1 Å². The molecule has 0 N–H and O–H groups in total. The first-order chi connectivity index (χ1) is 13.8. The van der Waals surface area contributed by atoms with Crippen molar-refractivity contribution in [3.8, 4) is 11.5 Å². The fourth-order valence-corrected chi connectivity index (χ4v) is 3.60. The summed E-state index contributed by atoms with van der Waals surface area (Å²) in [6, 6.07) is 16.6. The van der Waals surface area contributed by atoms with E-state index in [0.29, 0.717) is 10.2 Å². The van der Waals surface area contributed by atoms with Crippen LogP contribution in [0.5, 0.6) is 11.5 Å². The van der Waals surface area contributed by atoms with Gasteiger partial charge in [-0.25, -0.2) is 4.79 Å². The predicted molar refractivity (Wildman–Crippen MR) is 106 cm³/mol. The van der Waals surface area contributed by atoms with Crippen molar-refractivity contribution in [2.45, 2.75) is 4.90 Å². The summed E-state index contributed by atoms with van der Waals surface area (Å²) in [5.74, 6) is -0.356. The largest absolute Gasteiger partial charge is 0.422 e. The Morgan fingerprint density at radius 1 is 0.966 bits per heavy atom. The monoisotopic (exact) mass is 477 g/mol. The molecule has 3 rings (SSSR count). The quantitative estimate of drug-likeness (QED) is 0.170. The van der Waals surface area contributed by atoms with Crippen molar-refractivity contribution < 1.29 is 27.1 Å². The number of carbonyl (C=O) groups excluding carboxylic acids is 1. The third-order valence-electron chi connectivity index (χ3n) is 3.65. The van der Waals surface area contributed by atoms with Gasteiger partial charge < -0.3 is 8.92 Å². The molecule has 0 aliphatic rings. The van der Waals surface area contributed by atoms with Crippen LogP contribution in [-0.2, 0) is 10.1 Å². The van der Waals surface area contributed by atoms with Crippen LogP contribution in [0.4, 0.5) is 5.69 Å². The molecule has 0 aliphatic heterocycles. The molecule has 29 heavy (non-hydrogen) atoms. The smallest absolute Gasteiger partial charge is 0.343 e. The van der Waals surface area contributed by atoms with Gasteiger partial charge in [0.1, 0.15) is 16.4 Å². The summed E-state index contributed by atoms with van der Waals surface area (Å²) in [5.41, 5.74) is -0.194. The highest BCUT2D eigenvalue weighted by molar-refractivity contribution is 9.10. The van der Waals surface area contributed by atoms with Crippen LogP contribution in [0.2, 0.25) is 0 Å². The Balaban J connectivity index is 1.75. The van der Waals surface area contributed by atoms with E-state index in [-0.39, 0.29) is 21.9 Å². The molecule has 8 nitrogen and oxygen atoms in total. The Bertz CT molecular complexity index is 1180. The zero-order valence-electron chi connectivity index (χ0n) is 14.5. The second-order valence-electron chi connectivity index (χ2n) is 5.64. The molecule has 0 unspecified atom stereocenters. The van der Waals surface area contributed by atoms with E-state index in [9.17, 15) is 23.3 Å². The number of nitrogens with zero attached hydrogens (tertiary/aromatic N) is 1. The van der Waals surface area contributed by atoms with Crippen LogP contribution in [0.15, 0.2) is 82.2 Å². The van der Waals surface area contributed by atoms with Crippen LogP contribution < -0.4 is 8.92 Å². The van der Waals surface area contributed by atoms with Gasteiger partial charge in [0, 0.05) is 12.1 Å². The van der Waals surface area contributed by atoms with Crippen LogP contribution in [0, 0.1) is 10.1 Å². The molecule has 3 aromatic rings. The van der Waals surface area contributed by atoms with E-state index in [4.69, 9.17) is 8.92 Å². The Morgan fingerprint density at radius 2 is 1.66 bits per heavy atom. The van der Waals surface area contributed by atoms with Crippen LogP contribution in [0.3, 0.4) is 0 Å². The zero-order valence-corrected chi connectivity index (χ0v) is 16.9. The van der Waals surface area contributed by atoms with Gasteiger partial charge in [-0.1, -0.05) is 18.2 Å². The van der Waals surface area contributed by atoms with Gasteiger partial charge in [-0.05, 0) is 58.4 Å². The first-order valence-electron chi connectivity index (χ1n) is 8.02. The lowest BCUT2D eigenvalue weighted by Gasteiger charge is -2.08. The molecule has 0 aromatic heterocycles. The number of non-ortho nitro benzene ring substituents is 1. The first-order valence-corrected chi connectivity index (χ1v) is 10.2. The van der Waals surface area contributed by atoms with Crippen LogP contribution in [-0.4, -0.2) is 19.3 Å². The molecular weight excluding hydrogens is 466 g/mol. The minimum absolute atomic E-state index is 0.0612. The highest BCUT2D eigenvalue weighted by Crippen LogP contribution is 2.26. The summed E-state index contributed by atoms with van der Waals surface area (Å²) in [6.07, 6.45) is 0. The van der Waals surface area contributed by atoms with Gasteiger partial charge in [0.25, 0.3) is 5.69 Å². The third kappa shape index (κ3) is 4.98. The topological polar surface area (TPSA) is 113 Å². The van der Waals surface area contributed by atoms with Gasteiger partial charge in [0.15, 0.2) is 0 Å². The maximum Gasteiger partial charge on any atom is 0.343 e. The Hall–Kier alpha value is -3.24. The fourth-order valence-electron chi connectivity index (χ4n) is 2.26. The molecular formula is C19H12BrNO7S. The second kappa shape index (κ2) is 8.41. The molecule has 0 heterocycles. The second-order valence-corrected chi connectivity index (χ2v) is 8.04. The van der Waals surface area contributed by atoms with Crippen molar-refractivity contribution in [2.75, 3.05) is 0 Å². The number of benzene rings is 3. The summed E-state index contributed by atoms with van der Waals surface area (Å²) in [5, 5.41) is 10.8. The summed E-state index contributed by atoms with van der Waals surface area (Å²) in [6.45, 7) is 0. The summed E-state index contributed by atoms with van der Waals surface area (Å²) in [4.78, 5) is 22.0. The minimum Gasteiger partial charge on any atom is -0.422 e. The number of nitro groups is 1. The summed E-state index contributed by atoms with van der Waals surface area (Å²) < 4.78 is 35.5. The maximum absolute atomic E-state index is 12.3. The lowest BCUT2D eigenvalue weighted by molar-refractivity contribution is -0.385. The zero-order chi connectivity index (χ0) is 21.0. The van der Waals surface area contributed by atoms with Crippen molar-refractivity contribution >= 4 is 37.7 Å². The molecule has 0 saturated heterocycles. The van der Waals surface area contributed by atoms with Crippen LogP contribution in [0.25, 0.3) is 0 Å². The van der Waals surface area contributed by atoms with Crippen molar-refractivity contribution in [3.05, 3.63) is 92.9 Å². The predicted octanol–water partition coefficient (Wildman–Crippen LogP) is 4.34. The number of rotatable bonds is 6. The summed E-state index contributed by atoms with van der Waals surface area (Å²) in [7, 11) is -4.28. The van der Waals surface area contributed by atoms with E-state index >= 15 is 0 Å². The first kappa shape index (κ1) is 20.5. The number of ether oxygens (including phenoxy) is 1. The lowest BCUT2D eigenvalue weighted by atomic mass is 10.2. The molecule has 3 aromatic carbocycles. The third-order valence-corrected chi connectivity index (χ3v) is 5.55. The number of esters is 1. The Labute approximate surface area is 174 Å².